The number of nitrogens with one attached hydrogen (secondary N) is 1. The second-order valence-corrected chi connectivity index (χ2v) is 9.29. The standard InChI is InChI=1S/C22H27NO4S/c1-26-18-10-11-19-17(12-18)8-5-9-20(19)23-28(24,25)22-14-16-7-4-3-6-15(16)13-21(22)27-2/h10-14,20,23H,3-9H2,1-2H3/t20-/m0/s1. The third-order valence-corrected chi connectivity index (χ3v) is 7.37. The molecule has 2 aliphatic rings. The fourth-order valence-corrected chi connectivity index (χ4v) is 5.85. The Bertz CT molecular complexity index is 984. The van der Waals surface area contributed by atoms with Crippen LogP contribution in [0.3, 0.4) is 0 Å². The van der Waals surface area contributed by atoms with Gasteiger partial charge in [-0.25, -0.2) is 13.1 Å². The summed E-state index contributed by atoms with van der Waals surface area (Å²) in [6.45, 7) is 0. The van der Waals surface area contributed by atoms with E-state index in [0.29, 0.717) is 5.75 Å². The molecule has 4 rings (SSSR count). The smallest absolute Gasteiger partial charge is 0.244 e. The lowest BCUT2D eigenvalue weighted by Crippen LogP contribution is -2.31. The Kier molecular flexibility index (Phi) is 5.34. The predicted octanol–water partition coefficient (Wildman–Crippen LogP) is 3.94. The highest BCUT2D eigenvalue weighted by Gasteiger charge is 2.29. The highest BCUT2D eigenvalue weighted by Crippen LogP contribution is 2.36. The molecular weight excluding hydrogens is 374 g/mol. The molecule has 1 atom stereocenters. The molecule has 0 amide bonds. The molecule has 0 fully saturated rings. The van der Waals surface area contributed by atoms with E-state index in [-0.39, 0.29) is 10.9 Å². The van der Waals surface area contributed by atoms with E-state index in [0.717, 1.165) is 67.4 Å². The Labute approximate surface area is 167 Å². The van der Waals surface area contributed by atoms with Crippen molar-refractivity contribution in [2.75, 3.05) is 14.2 Å². The van der Waals surface area contributed by atoms with Crippen LogP contribution in [0.15, 0.2) is 35.2 Å². The van der Waals surface area contributed by atoms with Gasteiger partial charge in [0.15, 0.2) is 0 Å². The molecule has 0 saturated carbocycles. The van der Waals surface area contributed by atoms with Gasteiger partial charge in [0.2, 0.25) is 10.0 Å². The maximum absolute atomic E-state index is 13.3. The van der Waals surface area contributed by atoms with E-state index in [1.165, 1.54) is 12.7 Å². The minimum Gasteiger partial charge on any atom is -0.497 e. The van der Waals surface area contributed by atoms with Gasteiger partial charge in [0.1, 0.15) is 16.4 Å². The zero-order valence-electron chi connectivity index (χ0n) is 16.5. The van der Waals surface area contributed by atoms with Crippen LogP contribution < -0.4 is 14.2 Å². The summed E-state index contributed by atoms with van der Waals surface area (Å²) in [7, 11) is -0.521. The summed E-state index contributed by atoms with van der Waals surface area (Å²) in [5.41, 5.74) is 4.52. The van der Waals surface area contributed by atoms with Crippen LogP contribution >= 0.6 is 0 Å². The first kappa shape index (κ1) is 19.3. The highest BCUT2D eigenvalue weighted by atomic mass is 32.2. The van der Waals surface area contributed by atoms with E-state index in [4.69, 9.17) is 9.47 Å². The molecular formula is C22H27NO4S. The van der Waals surface area contributed by atoms with Crippen molar-refractivity contribution in [3.8, 4) is 11.5 Å². The zero-order chi connectivity index (χ0) is 19.7. The van der Waals surface area contributed by atoms with Gasteiger partial charge in [-0.2, -0.15) is 0 Å². The van der Waals surface area contributed by atoms with Crippen molar-refractivity contribution in [3.05, 3.63) is 52.6 Å². The number of benzene rings is 2. The summed E-state index contributed by atoms with van der Waals surface area (Å²) in [5.74, 6) is 1.23. The Morgan fingerprint density at radius 1 is 0.893 bits per heavy atom. The Balaban J connectivity index is 1.67. The van der Waals surface area contributed by atoms with Crippen molar-refractivity contribution in [2.45, 2.75) is 55.9 Å². The van der Waals surface area contributed by atoms with Crippen LogP contribution in [0.5, 0.6) is 11.5 Å². The number of hydrogen-bond donors (Lipinski definition) is 1. The number of aryl methyl sites for hydroxylation is 3. The molecule has 1 N–H and O–H groups in total. The van der Waals surface area contributed by atoms with Crippen molar-refractivity contribution in [1.82, 2.24) is 4.72 Å². The topological polar surface area (TPSA) is 64.6 Å². The van der Waals surface area contributed by atoms with E-state index in [2.05, 4.69) is 4.72 Å². The van der Waals surface area contributed by atoms with E-state index < -0.39 is 10.0 Å². The van der Waals surface area contributed by atoms with E-state index >= 15 is 0 Å². The Morgan fingerprint density at radius 2 is 1.61 bits per heavy atom. The molecule has 0 aromatic heterocycles. The summed E-state index contributed by atoms with van der Waals surface area (Å²) >= 11 is 0. The first-order valence-electron chi connectivity index (χ1n) is 9.91. The molecule has 0 heterocycles. The van der Waals surface area contributed by atoms with Gasteiger partial charge >= 0.3 is 0 Å². The quantitative estimate of drug-likeness (QED) is 0.824. The van der Waals surface area contributed by atoms with Crippen LogP contribution in [0.4, 0.5) is 0 Å². The van der Waals surface area contributed by atoms with Gasteiger partial charge < -0.3 is 9.47 Å². The minimum absolute atomic E-state index is 0.236. The van der Waals surface area contributed by atoms with Crippen molar-refractivity contribution in [3.63, 3.8) is 0 Å². The second-order valence-electron chi connectivity index (χ2n) is 7.61. The molecule has 2 aromatic carbocycles. The van der Waals surface area contributed by atoms with Crippen molar-refractivity contribution >= 4 is 10.0 Å². The number of hydrogen-bond acceptors (Lipinski definition) is 4. The van der Waals surface area contributed by atoms with Gasteiger partial charge in [-0.1, -0.05) is 6.07 Å². The van der Waals surface area contributed by atoms with Crippen molar-refractivity contribution < 1.29 is 17.9 Å². The van der Waals surface area contributed by atoms with Gasteiger partial charge in [-0.15, -0.1) is 0 Å². The number of ether oxygens (including phenoxy) is 2. The predicted molar refractivity (Wildman–Crippen MR) is 109 cm³/mol. The van der Waals surface area contributed by atoms with Crippen LogP contribution in [0.25, 0.3) is 0 Å². The summed E-state index contributed by atoms with van der Waals surface area (Å²) in [6, 6.07) is 9.36. The molecule has 0 radical (unpaired) electrons. The van der Waals surface area contributed by atoms with Crippen LogP contribution in [0.1, 0.15) is 54.0 Å². The van der Waals surface area contributed by atoms with Gasteiger partial charge in [0.25, 0.3) is 0 Å². The van der Waals surface area contributed by atoms with Gasteiger partial charge in [-0.05, 0) is 91.5 Å². The van der Waals surface area contributed by atoms with Crippen LogP contribution in [0.2, 0.25) is 0 Å². The SMILES string of the molecule is COc1ccc2c(c1)CCC[C@@H]2NS(=O)(=O)c1cc2c(cc1OC)CCCC2. The lowest BCUT2D eigenvalue weighted by molar-refractivity contribution is 0.400. The molecule has 5 nitrogen and oxygen atoms in total. The third-order valence-electron chi connectivity index (χ3n) is 5.88. The number of sulfonamides is 1. The largest absolute Gasteiger partial charge is 0.497 e. The third kappa shape index (κ3) is 3.63. The molecule has 0 saturated heterocycles. The summed E-state index contributed by atoms with van der Waals surface area (Å²) in [6.07, 6.45) is 6.81. The number of rotatable bonds is 5. The molecule has 0 spiro atoms. The molecule has 0 bridgehead atoms. The maximum Gasteiger partial charge on any atom is 0.244 e. The lowest BCUT2D eigenvalue weighted by atomic mass is 9.88. The highest BCUT2D eigenvalue weighted by molar-refractivity contribution is 7.89. The van der Waals surface area contributed by atoms with Gasteiger partial charge in [0.05, 0.1) is 14.2 Å². The minimum atomic E-state index is -3.70. The van der Waals surface area contributed by atoms with E-state index in [1.54, 1.807) is 7.11 Å². The van der Waals surface area contributed by atoms with Crippen LogP contribution in [-0.4, -0.2) is 22.6 Å². The summed E-state index contributed by atoms with van der Waals surface area (Å²) in [4.78, 5) is 0.247. The lowest BCUT2D eigenvalue weighted by Gasteiger charge is -2.27. The zero-order valence-corrected chi connectivity index (χ0v) is 17.3. The average molecular weight is 402 g/mol. The van der Waals surface area contributed by atoms with Crippen LogP contribution in [-0.2, 0) is 29.3 Å². The molecule has 6 heteroatoms. The number of fused-ring (bicyclic) bond motifs is 2. The van der Waals surface area contributed by atoms with Gasteiger partial charge in [0, 0.05) is 6.04 Å². The van der Waals surface area contributed by atoms with E-state index in [1.807, 2.05) is 30.3 Å². The average Bonchev–Trinajstić information content (AvgIpc) is 2.72. The normalized spacial score (nSPS) is 18.9. The monoisotopic (exact) mass is 401 g/mol. The second kappa shape index (κ2) is 7.76. The molecule has 2 aromatic rings. The molecule has 28 heavy (non-hydrogen) atoms. The first-order valence-corrected chi connectivity index (χ1v) is 11.4. The molecule has 150 valence electrons. The molecule has 2 aliphatic carbocycles. The van der Waals surface area contributed by atoms with Crippen molar-refractivity contribution in [2.24, 2.45) is 0 Å². The molecule has 0 unspecified atom stereocenters. The molecule has 0 aliphatic heterocycles. The van der Waals surface area contributed by atoms with Crippen molar-refractivity contribution in [1.29, 1.82) is 0 Å². The fraction of sp³-hybridized carbons (Fsp3) is 0.455. The number of methoxy groups -OCH3 is 2. The maximum atomic E-state index is 13.3. The van der Waals surface area contributed by atoms with Gasteiger partial charge in [-0.3, -0.25) is 0 Å². The summed E-state index contributed by atoms with van der Waals surface area (Å²) in [5, 5.41) is 0. The van der Waals surface area contributed by atoms with E-state index in [9.17, 15) is 8.42 Å². The summed E-state index contributed by atoms with van der Waals surface area (Å²) < 4.78 is 40.3. The Hall–Kier alpha value is -2.05. The Morgan fingerprint density at radius 3 is 2.32 bits per heavy atom. The van der Waals surface area contributed by atoms with Crippen LogP contribution in [0, 0.1) is 0 Å². The fourth-order valence-electron chi connectivity index (χ4n) is 4.40. The first-order chi connectivity index (χ1) is 13.5.